The van der Waals surface area contributed by atoms with E-state index in [4.69, 9.17) is 10.7 Å². The first-order valence-electron chi connectivity index (χ1n) is 6.27. The molecule has 0 aliphatic carbocycles. The van der Waals surface area contributed by atoms with Crippen LogP contribution in [0.3, 0.4) is 0 Å². The molecular weight excluding hydrogens is 302 g/mol. The first-order valence-corrected chi connectivity index (χ1v) is 7.06. The van der Waals surface area contributed by atoms with E-state index in [0.29, 0.717) is 18.3 Å². The molecule has 0 bridgehead atoms. The smallest absolute Gasteiger partial charge is 0.132 e. The maximum atomic E-state index is 6.24. The van der Waals surface area contributed by atoms with Crippen molar-refractivity contribution in [1.29, 1.82) is 0 Å². The summed E-state index contributed by atoms with van der Waals surface area (Å²) in [6.07, 6.45) is 1.84. The standard InChI is InChI=1S/C15H18BrN3/c1-4-9-19-14(17)13(18-15(19)10(2)3)11-5-7-12(16)8-6-11/h4-8,10H,1,9,17H2,2-3H3. The maximum Gasteiger partial charge on any atom is 0.132 e. The number of hydrogen-bond acceptors (Lipinski definition) is 2. The Balaban J connectivity index is 2.55. The van der Waals surface area contributed by atoms with Crippen LogP contribution in [0.1, 0.15) is 25.6 Å². The minimum atomic E-state index is 0.325. The number of halogens is 1. The third kappa shape index (κ3) is 2.73. The lowest BCUT2D eigenvalue weighted by Crippen LogP contribution is -2.07. The molecule has 100 valence electrons. The zero-order chi connectivity index (χ0) is 14.0. The Hall–Kier alpha value is -1.55. The molecule has 0 radical (unpaired) electrons. The van der Waals surface area contributed by atoms with E-state index in [9.17, 15) is 0 Å². The third-order valence-electron chi connectivity index (χ3n) is 2.98. The summed E-state index contributed by atoms with van der Waals surface area (Å²) < 4.78 is 3.07. The summed E-state index contributed by atoms with van der Waals surface area (Å²) in [5, 5.41) is 0. The van der Waals surface area contributed by atoms with Crippen molar-refractivity contribution in [1.82, 2.24) is 9.55 Å². The number of hydrogen-bond donors (Lipinski definition) is 1. The largest absolute Gasteiger partial charge is 0.383 e. The van der Waals surface area contributed by atoms with Crippen LogP contribution in [0.2, 0.25) is 0 Å². The van der Waals surface area contributed by atoms with Crippen molar-refractivity contribution in [2.75, 3.05) is 5.73 Å². The second-order valence-corrected chi connectivity index (χ2v) is 5.68. The van der Waals surface area contributed by atoms with Crippen molar-refractivity contribution < 1.29 is 0 Å². The van der Waals surface area contributed by atoms with Crippen LogP contribution in [0.15, 0.2) is 41.4 Å². The number of imidazole rings is 1. The van der Waals surface area contributed by atoms with Gasteiger partial charge in [0.2, 0.25) is 0 Å². The van der Waals surface area contributed by atoms with Gasteiger partial charge in [-0.2, -0.15) is 0 Å². The van der Waals surface area contributed by atoms with E-state index < -0.39 is 0 Å². The van der Waals surface area contributed by atoms with E-state index in [1.54, 1.807) is 0 Å². The lowest BCUT2D eigenvalue weighted by Gasteiger charge is -2.09. The fourth-order valence-electron chi connectivity index (χ4n) is 2.07. The molecule has 0 aliphatic heterocycles. The average molecular weight is 320 g/mol. The van der Waals surface area contributed by atoms with Crippen LogP contribution in [-0.2, 0) is 6.54 Å². The topological polar surface area (TPSA) is 43.8 Å². The normalized spacial score (nSPS) is 10.9. The summed E-state index contributed by atoms with van der Waals surface area (Å²) >= 11 is 3.43. The fraction of sp³-hybridized carbons (Fsp3) is 0.267. The van der Waals surface area contributed by atoms with Gasteiger partial charge in [-0.1, -0.05) is 48.0 Å². The van der Waals surface area contributed by atoms with Gasteiger partial charge < -0.3 is 10.3 Å². The molecular formula is C15H18BrN3. The number of nitrogens with two attached hydrogens (primary N) is 1. The highest BCUT2D eigenvalue weighted by Crippen LogP contribution is 2.30. The second kappa shape index (κ2) is 5.61. The van der Waals surface area contributed by atoms with Gasteiger partial charge in [-0.05, 0) is 12.1 Å². The van der Waals surface area contributed by atoms with Gasteiger partial charge in [-0.15, -0.1) is 6.58 Å². The molecule has 0 aliphatic rings. The van der Waals surface area contributed by atoms with Crippen LogP contribution in [0, 0.1) is 0 Å². The lowest BCUT2D eigenvalue weighted by atomic mass is 10.1. The average Bonchev–Trinajstić information content (AvgIpc) is 2.69. The van der Waals surface area contributed by atoms with Crippen LogP contribution in [0.5, 0.6) is 0 Å². The number of rotatable bonds is 4. The Morgan fingerprint density at radius 1 is 1.37 bits per heavy atom. The van der Waals surface area contributed by atoms with Crippen LogP contribution >= 0.6 is 15.9 Å². The van der Waals surface area contributed by atoms with Gasteiger partial charge in [0.15, 0.2) is 0 Å². The van der Waals surface area contributed by atoms with Gasteiger partial charge in [-0.25, -0.2) is 4.98 Å². The van der Waals surface area contributed by atoms with E-state index in [-0.39, 0.29) is 0 Å². The zero-order valence-corrected chi connectivity index (χ0v) is 12.8. The van der Waals surface area contributed by atoms with Gasteiger partial charge in [-0.3, -0.25) is 0 Å². The number of nitrogens with zero attached hydrogens (tertiary/aromatic N) is 2. The number of anilines is 1. The minimum absolute atomic E-state index is 0.325. The summed E-state index contributed by atoms with van der Waals surface area (Å²) in [7, 11) is 0. The molecule has 0 fully saturated rings. The lowest BCUT2D eigenvalue weighted by molar-refractivity contribution is 0.684. The molecule has 4 heteroatoms. The monoisotopic (exact) mass is 319 g/mol. The quantitative estimate of drug-likeness (QED) is 0.858. The molecule has 0 unspecified atom stereocenters. The van der Waals surface area contributed by atoms with E-state index in [1.165, 1.54) is 0 Å². The molecule has 0 amide bonds. The molecule has 19 heavy (non-hydrogen) atoms. The molecule has 1 aromatic carbocycles. The highest BCUT2D eigenvalue weighted by molar-refractivity contribution is 9.10. The molecule has 0 saturated carbocycles. The zero-order valence-electron chi connectivity index (χ0n) is 11.2. The molecule has 0 atom stereocenters. The summed E-state index contributed by atoms with van der Waals surface area (Å²) in [6.45, 7) is 8.70. The Bertz CT molecular complexity index is 582. The predicted molar refractivity (Wildman–Crippen MR) is 84.1 cm³/mol. The minimum Gasteiger partial charge on any atom is -0.383 e. The Morgan fingerprint density at radius 2 is 2.00 bits per heavy atom. The van der Waals surface area contributed by atoms with Crippen LogP contribution < -0.4 is 5.73 Å². The van der Waals surface area contributed by atoms with Crippen LogP contribution in [0.4, 0.5) is 5.82 Å². The predicted octanol–water partition coefficient (Wildman–Crippen LogP) is 4.20. The van der Waals surface area contributed by atoms with Gasteiger partial charge in [0.05, 0.1) is 0 Å². The SMILES string of the molecule is C=CCn1c(C(C)C)nc(-c2ccc(Br)cc2)c1N. The number of nitrogen functional groups attached to an aromatic ring is 1. The van der Waals surface area contributed by atoms with E-state index in [0.717, 1.165) is 21.6 Å². The first-order chi connectivity index (χ1) is 9.04. The Labute approximate surface area is 122 Å². The Morgan fingerprint density at radius 3 is 2.53 bits per heavy atom. The molecule has 1 aromatic heterocycles. The molecule has 2 N–H and O–H groups in total. The van der Waals surface area contributed by atoms with Crippen LogP contribution in [-0.4, -0.2) is 9.55 Å². The number of aromatic nitrogens is 2. The van der Waals surface area contributed by atoms with Crippen molar-refractivity contribution in [3.05, 3.63) is 47.2 Å². The van der Waals surface area contributed by atoms with Gasteiger partial charge in [0, 0.05) is 22.5 Å². The maximum absolute atomic E-state index is 6.24. The summed E-state index contributed by atoms with van der Waals surface area (Å²) in [5.41, 5.74) is 8.12. The van der Waals surface area contributed by atoms with Crippen LogP contribution in [0.25, 0.3) is 11.3 Å². The second-order valence-electron chi connectivity index (χ2n) is 4.76. The first kappa shape index (κ1) is 13.9. The van der Waals surface area contributed by atoms with Gasteiger partial charge >= 0.3 is 0 Å². The van der Waals surface area contributed by atoms with Gasteiger partial charge in [0.25, 0.3) is 0 Å². The van der Waals surface area contributed by atoms with Crippen molar-refractivity contribution in [3.63, 3.8) is 0 Å². The number of benzene rings is 1. The summed E-state index contributed by atoms with van der Waals surface area (Å²) in [5.74, 6) is 2.02. The number of allylic oxidation sites excluding steroid dienone is 1. The van der Waals surface area contributed by atoms with E-state index >= 15 is 0 Å². The Kier molecular flexibility index (Phi) is 4.10. The molecule has 0 saturated heterocycles. The highest BCUT2D eigenvalue weighted by Gasteiger charge is 2.17. The molecule has 2 aromatic rings. The van der Waals surface area contributed by atoms with Crippen molar-refractivity contribution in [3.8, 4) is 11.3 Å². The molecule has 3 nitrogen and oxygen atoms in total. The fourth-order valence-corrected chi connectivity index (χ4v) is 2.33. The van der Waals surface area contributed by atoms with Crippen molar-refractivity contribution in [2.24, 2.45) is 0 Å². The van der Waals surface area contributed by atoms with E-state index in [1.807, 2.05) is 34.9 Å². The summed E-state index contributed by atoms with van der Waals surface area (Å²) in [6, 6.07) is 8.03. The van der Waals surface area contributed by atoms with Gasteiger partial charge in [0.1, 0.15) is 17.3 Å². The van der Waals surface area contributed by atoms with Crippen molar-refractivity contribution in [2.45, 2.75) is 26.3 Å². The molecule has 0 spiro atoms. The molecule has 2 rings (SSSR count). The summed E-state index contributed by atoms with van der Waals surface area (Å²) in [4.78, 5) is 4.70. The third-order valence-corrected chi connectivity index (χ3v) is 3.51. The van der Waals surface area contributed by atoms with E-state index in [2.05, 4.69) is 36.4 Å². The molecule has 1 heterocycles. The highest BCUT2D eigenvalue weighted by atomic mass is 79.9. The van der Waals surface area contributed by atoms with Crippen molar-refractivity contribution >= 4 is 21.7 Å².